The summed E-state index contributed by atoms with van der Waals surface area (Å²) < 4.78 is 7.83. The summed E-state index contributed by atoms with van der Waals surface area (Å²) in [5, 5.41) is 2.04. The Morgan fingerprint density at radius 1 is 0.306 bits per heavy atom. The zero-order valence-electron chi connectivity index (χ0n) is 40.0. The standard InChI is InChI=1S/C59H95NOS/c1-2-12-37(13-3-1)38-24-29-43(30-25-38)60(44-31-26-40(27-32-44)46-20-10-16-39-14-4-6-17-45(39)46)53-35-34-48(56-52-19-8-9-23-54(52)61-57(53)56)49-21-11-22-50-51-33-28-42-36-41-15-5-7-18-47(41)55(42)59(51)62-58(49)50/h37-59H,1-36H2. The first-order valence-corrected chi connectivity index (χ1v) is 30.8. The molecule has 13 aliphatic rings. The third kappa shape index (κ3) is 7.57. The van der Waals surface area contributed by atoms with Gasteiger partial charge in [-0.05, 0) is 223 Å². The molecule has 2 heterocycles. The molecule has 0 aromatic carbocycles. The lowest BCUT2D eigenvalue weighted by atomic mass is 9.57. The molecule has 0 amide bonds. The molecule has 18 unspecified atom stereocenters. The third-order valence-electron chi connectivity index (χ3n) is 24.5. The van der Waals surface area contributed by atoms with Crippen molar-refractivity contribution in [1.29, 1.82) is 0 Å². The number of nitrogens with zero attached hydrogens (tertiary/aromatic N) is 1. The van der Waals surface area contributed by atoms with Crippen molar-refractivity contribution < 1.29 is 4.74 Å². The summed E-state index contributed by atoms with van der Waals surface area (Å²) in [7, 11) is 0. The number of hydrogen-bond donors (Lipinski definition) is 0. The summed E-state index contributed by atoms with van der Waals surface area (Å²) in [6.07, 6.45) is 56.9. The Kier molecular flexibility index (Phi) is 12.5. The van der Waals surface area contributed by atoms with Crippen LogP contribution in [0.2, 0.25) is 0 Å². The molecule has 13 rings (SSSR count). The molecular formula is C59H95NOS. The second kappa shape index (κ2) is 18.3. The van der Waals surface area contributed by atoms with Crippen molar-refractivity contribution in [3.63, 3.8) is 0 Å². The fourth-order valence-corrected chi connectivity index (χ4v) is 24.8. The Balaban J connectivity index is 0.769. The fourth-order valence-electron chi connectivity index (χ4n) is 22.2. The Morgan fingerprint density at radius 2 is 0.806 bits per heavy atom. The van der Waals surface area contributed by atoms with Crippen LogP contribution < -0.4 is 0 Å². The molecule has 0 N–H and O–H groups in total. The zero-order valence-corrected chi connectivity index (χ0v) is 40.8. The highest BCUT2D eigenvalue weighted by molar-refractivity contribution is 8.00. The van der Waals surface area contributed by atoms with Crippen LogP contribution in [0, 0.1) is 94.7 Å². The van der Waals surface area contributed by atoms with Crippen LogP contribution in [0.4, 0.5) is 0 Å². The van der Waals surface area contributed by atoms with Crippen molar-refractivity contribution >= 4 is 11.8 Å². The normalized spacial score (nSPS) is 54.3. The van der Waals surface area contributed by atoms with Gasteiger partial charge in [-0.1, -0.05) is 103 Å². The Bertz CT molecular complexity index is 1490. The van der Waals surface area contributed by atoms with E-state index in [-0.39, 0.29) is 0 Å². The van der Waals surface area contributed by atoms with Gasteiger partial charge in [-0.25, -0.2) is 0 Å². The summed E-state index contributed by atoms with van der Waals surface area (Å²) in [6, 6.07) is 2.41. The van der Waals surface area contributed by atoms with Gasteiger partial charge in [0.05, 0.1) is 12.2 Å². The number of hydrogen-bond acceptors (Lipinski definition) is 3. The highest BCUT2D eigenvalue weighted by atomic mass is 32.2. The van der Waals surface area contributed by atoms with Gasteiger partial charge in [-0.2, -0.15) is 11.8 Å². The van der Waals surface area contributed by atoms with Crippen LogP contribution in [0.1, 0.15) is 231 Å². The fraction of sp³-hybridized carbons (Fsp3) is 1.00. The summed E-state index contributed by atoms with van der Waals surface area (Å²) in [5.74, 6) is 16.7. The Hall–Kier alpha value is 0.270. The van der Waals surface area contributed by atoms with E-state index in [1.54, 1.807) is 148 Å². The molecule has 3 heteroatoms. The van der Waals surface area contributed by atoms with Gasteiger partial charge in [-0.3, -0.25) is 4.90 Å². The molecule has 0 spiro atoms. The quantitative estimate of drug-likeness (QED) is 0.264. The van der Waals surface area contributed by atoms with Gasteiger partial charge < -0.3 is 4.74 Å². The molecule has 2 aliphatic heterocycles. The predicted molar refractivity (Wildman–Crippen MR) is 259 cm³/mol. The molecule has 18 atom stereocenters. The maximum absolute atomic E-state index is 7.83. The average Bonchev–Trinajstić information content (AvgIpc) is 4.04. The smallest absolute Gasteiger partial charge is 0.0768 e. The zero-order chi connectivity index (χ0) is 40.7. The largest absolute Gasteiger partial charge is 0.373 e. The molecule has 0 aromatic heterocycles. The Labute approximate surface area is 386 Å². The highest BCUT2D eigenvalue weighted by Crippen LogP contribution is 2.67. The minimum atomic E-state index is 0.549. The first-order chi connectivity index (χ1) is 30.7. The molecule has 13 fully saturated rings. The lowest BCUT2D eigenvalue weighted by Gasteiger charge is -2.55. The third-order valence-corrected chi connectivity index (χ3v) is 26.5. The lowest BCUT2D eigenvalue weighted by molar-refractivity contribution is -0.102. The maximum Gasteiger partial charge on any atom is 0.0768 e. The van der Waals surface area contributed by atoms with E-state index in [4.69, 9.17) is 4.74 Å². The van der Waals surface area contributed by atoms with Crippen molar-refractivity contribution in [3.05, 3.63) is 0 Å². The molecular weight excluding hydrogens is 771 g/mol. The van der Waals surface area contributed by atoms with E-state index in [1.807, 2.05) is 0 Å². The molecule has 0 aromatic rings. The van der Waals surface area contributed by atoms with Gasteiger partial charge in [0.15, 0.2) is 0 Å². The molecule has 11 saturated carbocycles. The van der Waals surface area contributed by atoms with Gasteiger partial charge in [-0.15, -0.1) is 0 Å². The van der Waals surface area contributed by atoms with Gasteiger partial charge in [0, 0.05) is 28.6 Å². The van der Waals surface area contributed by atoms with Gasteiger partial charge in [0.2, 0.25) is 0 Å². The van der Waals surface area contributed by atoms with Crippen molar-refractivity contribution in [3.8, 4) is 0 Å². The van der Waals surface area contributed by atoms with E-state index in [1.165, 1.54) is 83.5 Å². The van der Waals surface area contributed by atoms with Crippen LogP contribution in [-0.4, -0.2) is 45.7 Å². The van der Waals surface area contributed by atoms with E-state index >= 15 is 0 Å². The molecule has 0 radical (unpaired) electrons. The van der Waals surface area contributed by atoms with Crippen LogP contribution in [0.5, 0.6) is 0 Å². The van der Waals surface area contributed by atoms with Crippen molar-refractivity contribution in [1.82, 2.24) is 4.90 Å². The first kappa shape index (κ1) is 42.4. The van der Waals surface area contributed by atoms with E-state index in [0.717, 1.165) is 123 Å². The van der Waals surface area contributed by atoms with E-state index in [9.17, 15) is 0 Å². The SMILES string of the molecule is C1CCC(C2CCC(N(C3CCC(C4CCCC5CCCCC54)CC3)C3CCC(C4CCCC5C6CCC7CC8CCCCC8C7C6SC54)C4C5CCCCC5OC43)CC2)CC1. The summed E-state index contributed by atoms with van der Waals surface area (Å²) in [6.45, 7) is 0. The van der Waals surface area contributed by atoms with E-state index in [2.05, 4.69) is 16.7 Å². The van der Waals surface area contributed by atoms with Crippen LogP contribution >= 0.6 is 11.8 Å². The van der Waals surface area contributed by atoms with Crippen LogP contribution in [0.3, 0.4) is 0 Å². The number of thioether (sulfide) groups is 1. The minimum Gasteiger partial charge on any atom is -0.373 e. The summed E-state index contributed by atoms with van der Waals surface area (Å²) in [4.78, 5) is 3.42. The molecule has 11 aliphatic carbocycles. The monoisotopic (exact) mass is 866 g/mol. The maximum atomic E-state index is 7.83. The van der Waals surface area contributed by atoms with Gasteiger partial charge >= 0.3 is 0 Å². The van der Waals surface area contributed by atoms with Crippen molar-refractivity contribution in [2.75, 3.05) is 0 Å². The highest BCUT2D eigenvalue weighted by Gasteiger charge is 2.62. The molecule has 348 valence electrons. The van der Waals surface area contributed by atoms with Crippen LogP contribution in [-0.2, 0) is 4.74 Å². The average molecular weight is 866 g/mol. The predicted octanol–water partition coefficient (Wildman–Crippen LogP) is 15.7. The molecule has 62 heavy (non-hydrogen) atoms. The topological polar surface area (TPSA) is 12.5 Å². The second-order valence-corrected chi connectivity index (χ2v) is 28.0. The number of ether oxygens (including phenoxy) is 1. The number of fused-ring (bicyclic) bond motifs is 11. The van der Waals surface area contributed by atoms with Crippen LogP contribution in [0.25, 0.3) is 0 Å². The Morgan fingerprint density at radius 3 is 1.60 bits per heavy atom. The minimum absolute atomic E-state index is 0.549. The first-order valence-electron chi connectivity index (χ1n) is 29.8. The van der Waals surface area contributed by atoms with E-state index < -0.39 is 0 Å². The van der Waals surface area contributed by atoms with E-state index in [0.29, 0.717) is 12.2 Å². The lowest BCUT2D eigenvalue weighted by Crippen LogP contribution is -2.60. The molecule has 0 bridgehead atoms. The second-order valence-electron chi connectivity index (χ2n) is 26.6. The van der Waals surface area contributed by atoms with Gasteiger partial charge in [0.1, 0.15) is 0 Å². The summed E-state index contributed by atoms with van der Waals surface area (Å²) >= 11 is 2.71. The van der Waals surface area contributed by atoms with Crippen molar-refractivity contribution in [2.45, 2.75) is 272 Å². The van der Waals surface area contributed by atoms with Crippen LogP contribution in [0.15, 0.2) is 0 Å². The van der Waals surface area contributed by atoms with Crippen molar-refractivity contribution in [2.24, 2.45) is 94.7 Å². The molecule has 2 saturated heterocycles. The summed E-state index contributed by atoms with van der Waals surface area (Å²) in [5.41, 5.74) is 0. The molecule has 2 nitrogen and oxygen atoms in total. The number of rotatable bonds is 6. The van der Waals surface area contributed by atoms with Gasteiger partial charge in [0.25, 0.3) is 0 Å².